The fourth-order valence-electron chi connectivity index (χ4n) is 3.20. The van der Waals surface area contributed by atoms with Crippen molar-refractivity contribution in [1.29, 1.82) is 0 Å². The number of piperidine rings is 2. The van der Waals surface area contributed by atoms with Crippen LogP contribution in [0.25, 0.3) is 0 Å². The molecule has 0 radical (unpaired) electrons. The molecular weight excluding hydrogens is 194 g/mol. The highest BCUT2D eigenvalue weighted by molar-refractivity contribution is 5.67. The van der Waals surface area contributed by atoms with E-state index in [4.69, 9.17) is 10.2 Å². The summed E-state index contributed by atoms with van der Waals surface area (Å²) in [5.74, 6) is 0.245. The molecule has 0 spiro atoms. The van der Waals surface area contributed by atoms with Crippen molar-refractivity contribution in [3.63, 3.8) is 0 Å². The molecule has 4 heteroatoms. The molecule has 2 aliphatic heterocycles. The molecule has 2 saturated heterocycles. The van der Waals surface area contributed by atoms with Gasteiger partial charge in [-0.1, -0.05) is 0 Å². The molecule has 4 nitrogen and oxygen atoms in total. The van der Waals surface area contributed by atoms with Crippen LogP contribution >= 0.6 is 0 Å². The van der Waals surface area contributed by atoms with Crippen LogP contribution in [0.5, 0.6) is 0 Å². The van der Waals surface area contributed by atoms with Crippen LogP contribution in [0.1, 0.15) is 25.7 Å². The molecular formula is C11H19NO3. The molecule has 0 amide bonds. The lowest BCUT2D eigenvalue weighted by molar-refractivity contribution is -0.140. The molecule has 1 saturated carbocycles. The first-order chi connectivity index (χ1) is 7.20. The number of hydrogen-bond acceptors (Lipinski definition) is 3. The van der Waals surface area contributed by atoms with Crippen molar-refractivity contribution in [3.8, 4) is 0 Å². The standard InChI is InChI=1S/C11H19NO3/c13-4-3-12-7-8-1-2-10(12)5-9(8)6-11(14)15/h8-10,13H,1-7H2,(H,14,15). The number of fused-ring (bicyclic) bond motifs is 3. The van der Waals surface area contributed by atoms with E-state index in [1.807, 2.05) is 0 Å². The molecule has 3 aliphatic rings. The summed E-state index contributed by atoms with van der Waals surface area (Å²) in [7, 11) is 0. The van der Waals surface area contributed by atoms with Gasteiger partial charge in [-0.15, -0.1) is 0 Å². The summed E-state index contributed by atoms with van der Waals surface area (Å²) < 4.78 is 0. The predicted octanol–water partition coefficient (Wildman–Crippen LogP) is 0.554. The number of carboxylic acid groups (broad SMARTS) is 1. The summed E-state index contributed by atoms with van der Waals surface area (Å²) in [4.78, 5) is 13.0. The molecule has 2 N–H and O–H groups in total. The van der Waals surface area contributed by atoms with Crippen LogP contribution in [0, 0.1) is 11.8 Å². The van der Waals surface area contributed by atoms with Crippen molar-refractivity contribution in [1.82, 2.24) is 4.90 Å². The van der Waals surface area contributed by atoms with Crippen LogP contribution in [0.15, 0.2) is 0 Å². The van der Waals surface area contributed by atoms with Gasteiger partial charge in [-0.3, -0.25) is 9.69 Å². The molecule has 2 bridgehead atoms. The minimum absolute atomic E-state index is 0.215. The maximum atomic E-state index is 10.7. The first kappa shape index (κ1) is 10.9. The number of aliphatic hydroxyl groups excluding tert-OH is 1. The third-order valence-electron chi connectivity index (χ3n) is 3.92. The van der Waals surface area contributed by atoms with E-state index in [1.54, 1.807) is 0 Å². The third kappa shape index (κ3) is 2.32. The summed E-state index contributed by atoms with van der Waals surface area (Å²) in [6.07, 6.45) is 3.69. The Bertz CT molecular complexity index is 244. The van der Waals surface area contributed by atoms with Crippen LogP contribution in [0.4, 0.5) is 0 Å². The quantitative estimate of drug-likeness (QED) is 0.716. The van der Waals surface area contributed by atoms with Gasteiger partial charge in [0.05, 0.1) is 6.61 Å². The summed E-state index contributed by atoms with van der Waals surface area (Å²) in [6, 6.07) is 0.520. The van der Waals surface area contributed by atoms with Crippen molar-refractivity contribution in [3.05, 3.63) is 0 Å². The minimum Gasteiger partial charge on any atom is -0.481 e. The number of rotatable bonds is 4. The fraction of sp³-hybridized carbons (Fsp3) is 0.909. The summed E-state index contributed by atoms with van der Waals surface area (Å²) in [5.41, 5.74) is 0. The van der Waals surface area contributed by atoms with Gasteiger partial charge in [-0.05, 0) is 31.1 Å². The first-order valence-electron chi connectivity index (χ1n) is 5.77. The van der Waals surface area contributed by atoms with Crippen molar-refractivity contribution < 1.29 is 15.0 Å². The second-order valence-corrected chi connectivity index (χ2v) is 4.80. The lowest BCUT2D eigenvalue weighted by atomic mass is 9.71. The Labute approximate surface area is 89.9 Å². The van der Waals surface area contributed by atoms with Crippen molar-refractivity contribution in [2.75, 3.05) is 19.7 Å². The van der Waals surface area contributed by atoms with E-state index >= 15 is 0 Å². The second kappa shape index (κ2) is 4.49. The number of aliphatic carboxylic acids is 1. The number of carbonyl (C=O) groups is 1. The van der Waals surface area contributed by atoms with Gasteiger partial charge < -0.3 is 10.2 Å². The Hall–Kier alpha value is -0.610. The molecule has 3 rings (SSSR count). The van der Waals surface area contributed by atoms with Gasteiger partial charge in [0.2, 0.25) is 0 Å². The third-order valence-corrected chi connectivity index (χ3v) is 3.92. The highest BCUT2D eigenvalue weighted by atomic mass is 16.4. The van der Waals surface area contributed by atoms with E-state index in [1.165, 1.54) is 12.8 Å². The molecule has 0 aromatic heterocycles. The van der Waals surface area contributed by atoms with Crippen molar-refractivity contribution in [2.45, 2.75) is 31.7 Å². The van der Waals surface area contributed by atoms with Crippen molar-refractivity contribution in [2.24, 2.45) is 11.8 Å². The van der Waals surface area contributed by atoms with Crippen LogP contribution in [-0.4, -0.2) is 46.8 Å². The van der Waals surface area contributed by atoms with E-state index in [9.17, 15) is 4.79 Å². The smallest absolute Gasteiger partial charge is 0.303 e. The molecule has 3 unspecified atom stereocenters. The Morgan fingerprint density at radius 3 is 2.73 bits per heavy atom. The van der Waals surface area contributed by atoms with E-state index in [0.717, 1.165) is 19.5 Å². The molecule has 0 aromatic rings. The molecule has 86 valence electrons. The van der Waals surface area contributed by atoms with Crippen molar-refractivity contribution >= 4 is 5.97 Å². The predicted molar refractivity (Wildman–Crippen MR) is 55.5 cm³/mol. The zero-order chi connectivity index (χ0) is 10.8. The van der Waals surface area contributed by atoms with Crippen LogP contribution < -0.4 is 0 Å². The lowest BCUT2D eigenvalue weighted by Gasteiger charge is -2.49. The summed E-state index contributed by atoms with van der Waals surface area (Å²) >= 11 is 0. The SMILES string of the molecule is O=C(O)CC1CC2CCC1CN2CCO. The molecule has 3 atom stereocenters. The van der Waals surface area contributed by atoms with Gasteiger partial charge >= 0.3 is 5.97 Å². The number of nitrogens with zero attached hydrogens (tertiary/aromatic N) is 1. The maximum absolute atomic E-state index is 10.7. The maximum Gasteiger partial charge on any atom is 0.303 e. The van der Waals surface area contributed by atoms with Gasteiger partial charge in [0.15, 0.2) is 0 Å². The minimum atomic E-state index is -0.666. The van der Waals surface area contributed by atoms with Gasteiger partial charge in [0, 0.05) is 25.6 Å². The largest absolute Gasteiger partial charge is 0.481 e. The highest BCUT2D eigenvalue weighted by Gasteiger charge is 2.40. The topological polar surface area (TPSA) is 60.8 Å². The zero-order valence-electron chi connectivity index (χ0n) is 8.93. The average molecular weight is 213 g/mol. The Kier molecular flexibility index (Phi) is 3.26. The second-order valence-electron chi connectivity index (χ2n) is 4.80. The number of aliphatic hydroxyl groups is 1. The van der Waals surface area contributed by atoms with E-state index in [2.05, 4.69) is 4.90 Å². The summed E-state index contributed by atoms with van der Waals surface area (Å²) in [5, 5.41) is 17.7. The van der Waals surface area contributed by atoms with E-state index < -0.39 is 5.97 Å². The van der Waals surface area contributed by atoms with E-state index in [0.29, 0.717) is 24.3 Å². The molecule has 2 heterocycles. The van der Waals surface area contributed by atoms with Gasteiger partial charge in [-0.2, -0.15) is 0 Å². The highest BCUT2D eigenvalue weighted by Crippen LogP contribution is 2.40. The Balaban J connectivity index is 1.93. The number of hydrogen-bond donors (Lipinski definition) is 2. The fourth-order valence-corrected chi connectivity index (χ4v) is 3.20. The van der Waals surface area contributed by atoms with Crippen LogP contribution in [0.3, 0.4) is 0 Å². The lowest BCUT2D eigenvalue weighted by Crippen LogP contribution is -2.53. The Morgan fingerprint density at radius 1 is 1.40 bits per heavy atom. The first-order valence-corrected chi connectivity index (χ1v) is 5.77. The monoisotopic (exact) mass is 213 g/mol. The van der Waals surface area contributed by atoms with Crippen LogP contribution in [-0.2, 0) is 4.79 Å². The number of carboxylic acids is 1. The van der Waals surface area contributed by atoms with E-state index in [-0.39, 0.29) is 6.61 Å². The van der Waals surface area contributed by atoms with Gasteiger partial charge in [0.1, 0.15) is 0 Å². The Morgan fingerprint density at radius 2 is 2.20 bits per heavy atom. The normalized spacial score (nSPS) is 35.7. The zero-order valence-corrected chi connectivity index (χ0v) is 8.93. The molecule has 1 aliphatic carbocycles. The molecule has 0 aromatic carbocycles. The molecule has 15 heavy (non-hydrogen) atoms. The van der Waals surface area contributed by atoms with Gasteiger partial charge in [0.25, 0.3) is 0 Å². The molecule has 3 fully saturated rings. The average Bonchev–Trinajstić information content (AvgIpc) is 2.19. The summed E-state index contributed by atoms with van der Waals surface area (Å²) in [6.45, 7) is 1.96. The van der Waals surface area contributed by atoms with Crippen LogP contribution in [0.2, 0.25) is 0 Å². The van der Waals surface area contributed by atoms with Gasteiger partial charge in [-0.25, -0.2) is 0 Å².